The average molecular weight is 397 g/mol. The Balaban J connectivity index is 1.78. The molecule has 1 aliphatic rings. The molecular formula is C18H21ClN2O4S. The van der Waals surface area contributed by atoms with E-state index < -0.39 is 10.0 Å². The van der Waals surface area contributed by atoms with Gasteiger partial charge in [0.1, 0.15) is 13.2 Å². The second-order valence-electron chi connectivity index (χ2n) is 6.19. The van der Waals surface area contributed by atoms with Crippen LogP contribution in [0.3, 0.4) is 0 Å². The highest BCUT2D eigenvalue weighted by Gasteiger charge is 2.22. The molecule has 0 spiro atoms. The van der Waals surface area contributed by atoms with Crippen LogP contribution in [0.2, 0.25) is 5.02 Å². The smallest absolute Gasteiger partial charge is 0.240 e. The Morgan fingerprint density at radius 1 is 1.12 bits per heavy atom. The maximum absolute atomic E-state index is 12.7. The van der Waals surface area contributed by atoms with Crippen LogP contribution in [-0.4, -0.2) is 47.2 Å². The van der Waals surface area contributed by atoms with E-state index in [0.29, 0.717) is 29.7 Å². The van der Waals surface area contributed by atoms with Gasteiger partial charge in [0.15, 0.2) is 11.5 Å². The zero-order chi connectivity index (χ0) is 18.7. The molecule has 26 heavy (non-hydrogen) atoms. The first kappa shape index (κ1) is 19.0. The Labute approximate surface area is 158 Å². The molecule has 0 saturated carbocycles. The average Bonchev–Trinajstić information content (AvgIpc) is 2.61. The zero-order valence-corrected chi connectivity index (χ0v) is 16.2. The number of fused-ring (bicyclic) bond motifs is 1. The molecule has 0 aliphatic carbocycles. The lowest BCUT2D eigenvalue weighted by molar-refractivity contribution is 0.171. The van der Waals surface area contributed by atoms with Gasteiger partial charge in [0.2, 0.25) is 10.0 Å². The zero-order valence-electron chi connectivity index (χ0n) is 14.6. The molecule has 0 amide bonds. The molecular weight excluding hydrogens is 376 g/mol. The van der Waals surface area contributed by atoms with E-state index in [1.807, 2.05) is 37.2 Å². The Bertz CT molecular complexity index is 887. The largest absolute Gasteiger partial charge is 0.486 e. The number of ether oxygens (including phenoxy) is 2. The van der Waals surface area contributed by atoms with Crippen molar-refractivity contribution in [1.29, 1.82) is 0 Å². The molecule has 0 fully saturated rings. The van der Waals surface area contributed by atoms with Gasteiger partial charge in [-0.2, -0.15) is 0 Å². The second kappa shape index (κ2) is 7.84. The molecule has 0 saturated heterocycles. The minimum Gasteiger partial charge on any atom is -0.486 e. The Morgan fingerprint density at radius 2 is 1.85 bits per heavy atom. The van der Waals surface area contributed by atoms with Crippen molar-refractivity contribution in [1.82, 2.24) is 9.62 Å². The van der Waals surface area contributed by atoms with E-state index in [1.165, 1.54) is 12.1 Å². The van der Waals surface area contributed by atoms with Crippen molar-refractivity contribution in [2.75, 3.05) is 33.9 Å². The van der Waals surface area contributed by atoms with Crippen molar-refractivity contribution in [3.63, 3.8) is 0 Å². The van der Waals surface area contributed by atoms with Crippen LogP contribution < -0.4 is 14.2 Å². The summed E-state index contributed by atoms with van der Waals surface area (Å²) in [4.78, 5) is 2.09. The first-order valence-corrected chi connectivity index (χ1v) is 10.0. The van der Waals surface area contributed by atoms with Crippen molar-refractivity contribution in [2.24, 2.45) is 0 Å². The van der Waals surface area contributed by atoms with E-state index in [4.69, 9.17) is 21.1 Å². The number of hydrogen-bond acceptors (Lipinski definition) is 5. The van der Waals surface area contributed by atoms with Crippen molar-refractivity contribution < 1.29 is 17.9 Å². The minimum atomic E-state index is -3.69. The molecule has 6 nitrogen and oxygen atoms in total. The highest BCUT2D eigenvalue weighted by molar-refractivity contribution is 7.89. The Hall–Kier alpha value is -1.80. The lowest BCUT2D eigenvalue weighted by Gasteiger charge is -2.25. The van der Waals surface area contributed by atoms with Gasteiger partial charge in [-0.3, -0.25) is 0 Å². The first-order valence-electron chi connectivity index (χ1n) is 8.18. The molecule has 1 N–H and O–H groups in total. The Kier molecular flexibility index (Phi) is 5.72. The van der Waals surface area contributed by atoms with Gasteiger partial charge in [-0.05, 0) is 43.9 Å². The van der Waals surface area contributed by atoms with Crippen LogP contribution in [0.25, 0.3) is 0 Å². The number of halogens is 1. The van der Waals surface area contributed by atoms with E-state index >= 15 is 0 Å². The summed E-state index contributed by atoms with van der Waals surface area (Å²) in [5, 5.41) is 0.615. The molecule has 0 unspecified atom stereocenters. The summed E-state index contributed by atoms with van der Waals surface area (Å²) in [5.74, 6) is 0.999. The van der Waals surface area contributed by atoms with Crippen LogP contribution in [-0.2, 0) is 10.0 Å². The minimum absolute atomic E-state index is 0.144. The van der Waals surface area contributed by atoms with Crippen LogP contribution in [0, 0.1) is 0 Å². The number of nitrogens with zero attached hydrogens (tertiary/aromatic N) is 1. The quantitative estimate of drug-likeness (QED) is 0.813. The van der Waals surface area contributed by atoms with Crippen LogP contribution in [0.5, 0.6) is 11.5 Å². The Morgan fingerprint density at radius 3 is 2.54 bits per heavy atom. The van der Waals surface area contributed by atoms with Crippen molar-refractivity contribution in [3.05, 3.63) is 53.1 Å². The third-order valence-corrected chi connectivity index (χ3v) is 5.80. The third kappa shape index (κ3) is 4.29. The number of rotatable bonds is 6. The van der Waals surface area contributed by atoms with Gasteiger partial charge in [0.05, 0.1) is 4.90 Å². The maximum Gasteiger partial charge on any atom is 0.240 e. The molecule has 0 radical (unpaired) electrons. The molecule has 1 atom stereocenters. The molecule has 3 rings (SSSR count). The molecule has 140 valence electrons. The number of sulfonamides is 1. The number of benzene rings is 2. The van der Waals surface area contributed by atoms with Crippen molar-refractivity contribution in [3.8, 4) is 11.5 Å². The van der Waals surface area contributed by atoms with Gasteiger partial charge in [-0.1, -0.05) is 23.7 Å². The van der Waals surface area contributed by atoms with Gasteiger partial charge < -0.3 is 14.4 Å². The van der Waals surface area contributed by atoms with E-state index in [0.717, 1.165) is 5.56 Å². The molecule has 2 aromatic rings. The predicted octanol–water partition coefficient (Wildman–Crippen LogP) is 2.69. The summed E-state index contributed by atoms with van der Waals surface area (Å²) in [7, 11) is 0.0999. The standard InChI is InChI=1S/C18H21ClN2O4S/c1-21(2)16(13-4-3-5-14(19)10-13)12-20-26(22,23)15-6-7-17-18(11-15)25-9-8-24-17/h3-7,10-11,16,20H,8-9,12H2,1-2H3/t16-/m0/s1. The highest BCUT2D eigenvalue weighted by atomic mass is 35.5. The molecule has 0 bridgehead atoms. The fourth-order valence-corrected chi connectivity index (χ4v) is 4.03. The number of likely N-dealkylation sites (N-methyl/N-ethyl adjacent to an activating group) is 1. The van der Waals surface area contributed by atoms with Crippen LogP contribution >= 0.6 is 11.6 Å². The molecule has 2 aromatic carbocycles. The molecule has 8 heteroatoms. The van der Waals surface area contributed by atoms with Crippen LogP contribution in [0.1, 0.15) is 11.6 Å². The lowest BCUT2D eigenvalue weighted by atomic mass is 10.1. The summed E-state index contributed by atoms with van der Waals surface area (Å²) in [6, 6.07) is 11.9. The van der Waals surface area contributed by atoms with Gasteiger partial charge in [0.25, 0.3) is 0 Å². The van der Waals surface area contributed by atoms with Gasteiger partial charge in [0, 0.05) is 23.7 Å². The molecule has 1 aliphatic heterocycles. The summed E-state index contributed by atoms with van der Waals surface area (Å²) >= 11 is 6.06. The van der Waals surface area contributed by atoms with Crippen molar-refractivity contribution >= 4 is 21.6 Å². The van der Waals surface area contributed by atoms with Crippen molar-refractivity contribution in [2.45, 2.75) is 10.9 Å². The molecule has 1 heterocycles. The summed E-state index contributed by atoms with van der Waals surface area (Å²) in [6.45, 7) is 1.08. The second-order valence-corrected chi connectivity index (χ2v) is 8.40. The lowest BCUT2D eigenvalue weighted by Crippen LogP contribution is -2.34. The number of hydrogen-bond donors (Lipinski definition) is 1. The van der Waals surface area contributed by atoms with Crippen LogP contribution in [0.4, 0.5) is 0 Å². The maximum atomic E-state index is 12.7. The molecule has 0 aromatic heterocycles. The van der Waals surface area contributed by atoms with E-state index in [-0.39, 0.29) is 17.5 Å². The summed E-state index contributed by atoms with van der Waals surface area (Å²) in [6.07, 6.45) is 0. The van der Waals surface area contributed by atoms with Crippen LogP contribution in [0.15, 0.2) is 47.4 Å². The fourth-order valence-electron chi connectivity index (χ4n) is 2.78. The first-order chi connectivity index (χ1) is 12.4. The normalized spacial score (nSPS) is 15.1. The van der Waals surface area contributed by atoms with Gasteiger partial charge >= 0.3 is 0 Å². The van der Waals surface area contributed by atoms with Gasteiger partial charge in [-0.15, -0.1) is 0 Å². The number of nitrogens with one attached hydrogen (secondary N) is 1. The summed E-state index contributed by atoms with van der Waals surface area (Å²) in [5.41, 5.74) is 0.937. The van der Waals surface area contributed by atoms with E-state index in [2.05, 4.69) is 4.72 Å². The van der Waals surface area contributed by atoms with Gasteiger partial charge in [-0.25, -0.2) is 13.1 Å². The van der Waals surface area contributed by atoms with E-state index in [9.17, 15) is 8.42 Å². The topological polar surface area (TPSA) is 67.9 Å². The fraction of sp³-hybridized carbons (Fsp3) is 0.333. The summed E-state index contributed by atoms with van der Waals surface area (Å²) < 4.78 is 39.0. The van der Waals surface area contributed by atoms with E-state index in [1.54, 1.807) is 12.1 Å². The highest BCUT2D eigenvalue weighted by Crippen LogP contribution is 2.32. The SMILES string of the molecule is CN(C)[C@@H](CNS(=O)(=O)c1ccc2c(c1)OCCO2)c1cccc(Cl)c1. The monoisotopic (exact) mass is 396 g/mol. The predicted molar refractivity (Wildman–Crippen MR) is 101 cm³/mol. The third-order valence-electron chi connectivity index (χ3n) is 4.15.